The molecule has 4 heteroatoms. The van der Waals surface area contributed by atoms with Crippen LogP contribution in [0.3, 0.4) is 0 Å². The van der Waals surface area contributed by atoms with E-state index in [1.54, 1.807) is 19.1 Å². The maximum atomic E-state index is 13.8. The number of hydrogen-bond donors (Lipinski definition) is 1. The summed E-state index contributed by atoms with van der Waals surface area (Å²) < 4.78 is 14.5. The van der Waals surface area contributed by atoms with Gasteiger partial charge in [0.2, 0.25) is 0 Å². The Bertz CT molecular complexity index is 440. The van der Waals surface area contributed by atoms with Crippen molar-refractivity contribution >= 4 is 15.9 Å². The summed E-state index contributed by atoms with van der Waals surface area (Å²) in [5.74, 6) is 0.0337. The van der Waals surface area contributed by atoms with Crippen LogP contribution in [0.4, 0.5) is 4.39 Å². The van der Waals surface area contributed by atoms with Crippen molar-refractivity contribution in [3.05, 3.63) is 34.1 Å². The van der Waals surface area contributed by atoms with Crippen LogP contribution in [0.15, 0.2) is 22.7 Å². The van der Waals surface area contributed by atoms with Crippen molar-refractivity contribution in [1.29, 1.82) is 5.26 Å². The molecule has 2 nitrogen and oxygen atoms in total. The molecule has 0 aliphatic heterocycles. The van der Waals surface area contributed by atoms with Crippen LogP contribution in [-0.2, 0) is 5.54 Å². The van der Waals surface area contributed by atoms with Crippen molar-refractivity contribution < 1.29 is 4.39 Å². The fraction of sp³-hybridized carbons (Fsp3) is 0.462. The Balaban J connectivity index is 3.08. The molecule has 0 radical (unpaired) electrons. The van der Waals surface area contributed by atoms with Crippen LogP contribution >= 0.6 is 15.9 Å². The average molecular weight is 299 g/mol. The zero-order valence-electron chi connectivity index (χ0n) is 10.2. The molecule has 17 heavy (non-hydrogen) atoms. The lowest BCUT2D eigenvalue weighted by Gasteiger charge is -2.25. The maximum Gasteiger partial charge on any atom is 0.132 e. The second-order valence-corrected chi connectivity index (χ2v) is 5.55. The van der Waals surface area contributed by atoms with Gasteiger partial charge in [-0.05, 0) is 37.6 Å². The molecule has 0 aliphatic rings. The Morgan fingerprint density at radius 2 is 2.18 bits per heavy atom. The summed E-state index contributed by atoms with van der Waals surface area (Å²) in [4.78, 5) is 0. The summed E-state index contributed by atoms with van der Waals surface area (Å²) in [7, 11) is 0. The minimum Gasteiger partial charge on any atom is -0.296 e. The lowest BCUT2D eigenvalue weighted by molar-refractivity contribution is 0.408. The third-order valence-corrected chi connectivity index (χ3v) is 3.05. The van der Waals surface area contributed by atoms with E-state index in [0.717, 1.165) is 4.47 Å². The first-order valence-electron chi connectivity index (χ1n) is 5.51. The van der Waals surface area contributed by atoms with Crippen molar-refractivity contribution in [2.24, 2.45) is 5.92 Å². The smallest absolute Gasteiger partial charge is 0.132 e. The zero-order chi connectivity index (χ0) is 13.1. The highest BCUT2D eigenvalue weighted by atomic mass is 79.9. The molecule has 1 unspecified atom stereocenters. The van der Waals surface area contributed by atoms with Crippen LogP contribution in [0.25, 0.3) is 0 Å². The largest absolute Gasteiger partial charge is 0.296 e. The first kappa shape index (κ1) is 14.1. The quantitative estimate of drug-likeness (QED) is 0.922. The molecule has 92 valence electrons. The van der Waals surface area contributed by atoms with E-state index in [-0.39, 0.29) is 5.82 Å². The van der Waals surface area contributed by atoms with Gasteiger partial charge in [0, 0.05) is 10.0 Å². The number of nitrogens with one attached hydrogen (secondary N) is 1. The van der Waals surface area contributed by atoms with Crippen molar-refractivity contribution in [3.8, 4) is 6.07 Å². The molecule has 0 saturated heterocycles. The van der Waals surface area contributed by atoms with Gasteiger partial charge in [0.25, 0.3) is 0 Å². The van der Waals surface area contributed by atoms with E-state index >= 15 is 0 Å². The van der Waals surface area contributed by atoms with E-state index < -0.39 is 5.54 Å². The first-order valence-corrected chi connectivity index (χ1v) is 6.30. The van der Waals surface area contributed by atoms with Gasteiger partial charge < -0.3 is 0 Å². The highest BCUT2D eigenvalue weighted by Gasteiger charge is 2.29. The monoisotopic (exact) mass is 298 g/mol. The molecule has 0 heterocycles. The van der Waals surface area contributed by atoms with Gasteiger partial charge >= 0.3 is 0 Å². The zero-order valence-corrected chi connectivity index (χ0v) is 11.8. The molecule has 1 aromatic rings. The molecule has 1 rings (SSSR count). The van der Waals surface area contributed by atoms with Crippen LogP contribution in [0.1, 0.15) is 26.3 Å². The maximum absolute atomic E-state index is 13.8. The predicted octanol–water partition coefficient (Wildman–Crippen LogP) is 3.57. The first-order chi connectivity index (χ1) is 7.89. The highest BCUT2D eigenvalue weighted by molar-refractivity contribution is 9.10. The van der Waals surface area contributed by atoms with Gasteiger partial charge in [-0.1, -0.05) is 29.8 Å². The number of benzene rings is 1. The SMILES string of the molecule is CC(C)CNC(C)(C#N)c1cc(Br)ccc1F. The van der Waals surface area contributed by atoms with Gasteiger partial charge in [-0.25, -0.2) is 4.39 Å². The Morgan fingerprint density at radius 3 is 2.71 bits per heavy atom. The van der Waals surface area contributed by atoms with Crippen LogP contribution in [0, 0.1) is 23.1 Å². The standard InChI is InChI=1S/C13H16BrFN2/c1-9(2)7-17-13(3,8-16)11-6-10(14)4-5-12(11)15/h4-6,9,17H,7H2,1-3H3. The van der Waals surface area contributed by atoms with Gasteiger partial charge in [-0.15, -0.1) is 0 Å². The summed E-state index contributed by atoms with van der Waals surface area (Å²) in [5.41, 5.74) is -0.631. The van der Waals surface area contributed by atoms with Crippen molar-refractivity contribution in [1.82, 2.24) is 5.32 Å². The van der Waals surface area contributed by atoms with Crippen molar-refractivity contribution in [3.63, 3.8) is 0 Å². The molecule has 0 amide bonds. The van der Waals surface area contributed by atoms with Gasteiger partial charge in [-0.2, -0.15) is 5.26 Å². The Morgan fingerprint density at radius 1 is 1.53 bits per heavy atom. The normalized spacial score (nSPS) is 14.4. The van der Waals surface area contributed by atoms with E-state index in [4.69, 9.17) is 0 Å². The molecule has 0 bridgehead atoms. The molecule has 1 aromatic carbocycles. The van der Waals surface area contributed by atoms with Crippen molar-refractivity contribution in [2.75, 3.05) is 6.54 Å². The molecule has 1 N–H and O–H groups in total. The summed E-state index contributed by atoms with van der Waals surface area (Å²) >= 11 is 3.29. The van der Waals surface area contributed by atoms with E-state index in [0.29, 0.717) is 18.0 Å². The molecular formula is C13H16BrFN2. The number of hydrogen-bond acceptors (Lipinski definition) is 2. The molecule has 0 saturated carbocycles. The molecule has 0 fully saturated rings. The Hall–Kier alpha value is -0.920. The fourth-order valence-electron chi connectivity index (χ4n) is 1.48. The molecule has 1 atom stereocenters. The number of rotatable bonds is 4. The van der Waals surface area contributed by atoms with E-state index in [2.05, 4.69) is 27.3 Å². The number of nitriles is 1. The van der Waals surface area contributed by atoms with Crippen LogP contribution in [0.2, 0.25) is 0 Å². The lowest BCUT2D eigenvalue weighted by atomic mass is 9.92. The third kappa shape index (κ3) is 3.52. The molecule has 0 aromatic heterocycles. The summed E-state index contributed by atoms with van der Waals surface area (Å²) in [6.45, 7) is 6.44. The lowest BCUT2D eigenvalue weighted by Crippen LogP contribution is -2.41. The Labute approximate surface area is 110 Å². The number of nitrogens with zero attached hydrogens (tertiary/aromatic N) is 1. The van der Waals surface area contributed by atoms with E-state index in [9.17, 15) is 9.65 Å². The minimum atomic E-state index is -1.00. The van der Waals surface area contributed by atoms with Gasteiger partial charge in [0.1, 0.15) is 11.4 Å². The minimum absolute atomic E-state index is 0.367. The molecule has 0 aliphatic carbocycles. The summed E-state index contributed by atoms with van der Waals surface area (Å²) in [6, 6.07) is 6.78. The third-order valence-electron chi connectivity index (χ3n) is 2.55. The van der Waals surface area contributed by atoms with Crippen LogP contribution in [0.5, 0.6) is 0 Å². The van der Waals surface area contributed by atoms with Crippen LogP contribution < -0.4 is 5.32 Å². The highest BCUT2D eigenvalue weighted by Crippen LogP contribution is 2.26. The topological polar surface area (TPSA) is 35.8 Å². The fourth-order valence-corrected chi connectivity index (χ4v) is 1.84. The van der Waals surface area contributed by atoms with Gasteiger partial charge in [0.15, 0.2) is 0 Å². The van der Waals surface area contributed by atoms with Crippen LogP contribution in [-0.4, -0.2) is 6.54 Å². The molecule has 0 spiro atoms. The number of halogens is 2. The van der Waals surface area contributed by atoms with Crippen molar-refractivity contribution in [2.45, 2.75) is 26.3 Å². The second-order valence-electron chi connectivity index (χ2n) is 4.64. The van der Waals surface area contributed by atoms with E-state index in [1.807, 2.05) is 13.8 Å². The van der Waals surface area contributed by atoms with Gasteiger partial charge in [0.05, 0.1) is 6.07 Å². The summed E-state index contributed by atoms with van der Waals surface area (Å²) in [5, 5.41) is 12.4. The molecular weight excluding hydrogens is 283 g/mol. The summed E-state index contributed by atoms with van der Waals surface area (Å²) in [6.07, 6.45) is 0. The second kappa shape index (κ2) is 5.61. The Kier molecular flexibility index (Phi) is 4.67. The van der Waals surface area contributed by atoms with Gasteiger partial charge in [-0.3, -0.25) is 5.32 Å². The average Bonchev–Trinajstić information content (AvgIpc) is 2.29. The predicted molar refractivity (Wildman–Crippen MR) is 69.9 cm³/mol. The van der Waals surface area contributed by atoms with E-state index in [1.165, 1.54) is 6.07 Å².